The van der Waals surface area contributed by atoms with Crippen LogP contribution in [0.3, 0.4) is 0 Å². The molecule has 0 unspecified atom stereocenters. The predicted molar refractivity (Wildman–Crippen MR) is 80.1 cm³/mol. The molecule has 0 amide bonds. The third-order valence-corrected chi connectivity index (χ3v) is 2.72. The Kier molecular flexibility index (Phi) is 6.59. The molecule has 0 aliphatic rings. The highest BCUT2D eigenvalue weighted by molar-refractivity contribution is 7.79. The average molecular weight is 292 g/mol. The van der Waals surface area contributed by atoms with Crippen LogP contribution in [0.15, 0.2) is 36.4 Å². The van der Waals surface area contributed by atoms with E-state index in [4.69, 9.17) is 9.47 Å². The van der Waals surface area contributed by atoms with Crippen molar-refractivity contribution in [3.8, 4) is 5.75 Å². The summed E-state index contributed by atoms with van der Waals surface area (Å²) in [6.07, 6.45) is 1.80. The number of esters is 2. The molecule has 0 heterocycles. The lowest BCUT2D eigenvalue weighted by Crippen LogP contribution is -2.11. The molecule has 0 spiro atoms. The lowest BCUT2D eigenvalue weighted by molar-refractivity contribution is -0.129. The Morgan fingerprint density at radius 1 is 1.30 bits per heavy atom. The molecular formula is C15H16O4S. The van der Waals surface area contributed by atoms with Crippen LogP contribution in [0.25, 0.3) is 0 Å². The van der Waals surface area contributed by atoms with Crippen LogP contribution in [0.4, 0.5) is 0 Å². The summed E-state index contributed by atoms with van der Waals surface area (Å²) >= 11 is 4.59. The Bertz CT molecular complexity index is 505. The Morgan fingerprint density at radius 2 is 1.95 bits per heavy atom. The molecule has 5 heteroatoms. The maximum Gasteiger partial charge on any atom is 0.343 e. The molecule has 20 heavy (non-hydrogen) atoms. The monoisotopic (exact) mass is 292 g/mol. The van der Waals surface area contributed by atoms with Gasteiger partial charge in [0, 0.05) is 5.37 Å². The van der Waals surface area contributed by atoms with E-state index in [1.54, 1.807) is 0 Å². The van der Waals surface area contributed by atoms with Gasteiger partial charge in [-0.2, -0.15) is 0 Å². The van der Waals surface area contributed by atoms with E-state index < -0.39 is 5.97 Å². The van der Waals surface area contributed by atoms with E-state index in [1.807, 2.05) is 6.92 Å². The molecule has 106 valence electrons. The van der Waals surface area contributed by atoms with Gasteiger partial charge >= 0.3 is 11.9 Å². The summed E-state index contributed by atoms with van der Waals surface area (Å²) < 4.78 is 10.1. The van der Waals surface area contributed by atoms with Gasteiger partial charge in [-0.1, -0.05) is 32.1 Å². The predicted octanol–water partition coefficient (Wildman–Crippen LogP) is 3.10. The molecule has 0 aliphatic heterocycles. The van der Waals surface area contributed by atoms with Gasteiger partial charge in [0.15, 0.2) is 0 Å². The van der Waals surface area contributed by atoms with Gasteiger partial charge in [0.05, 0.1) is 17.7 Å². The van der Waals surface area contributed by atoms with Crippen LogP contribution < -0.4 is 4.74 Å². The molecule has 1 aromatic carbocycles. The van der Waals surface area contributed by atoms with Gasteiger partial charge in [0.1, 0.15) is 5.75 Å². The van der Waals surface area contributed by atoms with E-state index in [9.17, 15) is 9.59 Å². The van der Waals surface area contributed by atoms with Gasteiger partial charge in [-0.3, -0.25) is 0 Å². The lowest BCUT2D eigenvalue weighted by Gasteiger charge is -2.06. The van der Waals surface area contributed by atoms with Crippen LogP contribution >= 0.6 is 12.2 Å². The van der Waals surface area contributed by atoms with E-state index in [2.05, 4.69) is 18.8 Å². The number of hydrogen-bond donors (Lipinski definition) is 0. The summed E-state index contributed by atoms with van der Waals surface area (Å²) in [5.41, 5.74) is 0.512. The minimum atomic E-state index is -0.613. The number of unbranched alkanes of at least 4 members (excludes halogenated alkanes) is 1. The third kappa shape index (κ3) is 4.93. The Balaban J connectivity index is 2.60. The van der Waals surface area contributed by atoms with Crippen molar-refractivity contribution < 1.29 is 19.1 Å². The molecule has 0 N–H and O–H groups in total. The average Bonchev–Trinajstić information content (AvgIpc) is 2.47. The molecular weight excluding hydrogens is 276 g/mol. The quantitative estimate of drug-likeness (QED) is 0.254. The molecule has 0 saturated heterocycles. The zero-order valence-electron chi connectivity index (χ0n) is 11.3. The van der Waals surface area contributed by atoms with E-state index in [1.165, 1.54) is 24.3 Å². The summed E-state index contributed by atoms with van der Waals surface area (Å²) in [6.45, 7) is 5.87. The van der Waals surface area contributed by atoms with Crippen molar-refractivity contribution in [2.75, 3.05) is 6.61 Å². The highest BCUT2D eigenvalue weighted by Crippen LogP contribution is 2.14. The van der Waals surface area contributed by atoms with Crippen molar-refractivity contribution in [3.05, 3.63) is 42.0 Å². The number of ether oxygens (including phenoxy) is 2. The van der Waals surface area contributed by atoms with Gasteiger partial charge in [0.2, 0.25) is 0 Å². The molecule has 0 atom stereocenters. The van der Waals surface area contributed by atoms with E-state index in [0.29, 0.717) is 17.9 Å². The van der Waals surface area contributed by atoms with Crippen LogP contribution in [-0.2, 0) is 9.53 Å². The summed E-state index contributed by atoms with van der Waals surface area (Å²) in [5.74, 6) is -0.684. The van der Waals surface area contributed by atoms with Crippen molar-refractivity contribution in [2.45, 2.75) is 19.8 Å². The molecule has 0 fully saturated rings. The topological polar surface area (TPSA) is 52.6 Å². The van der Waals surface area contributed by atoms with Crippen LogP contribution in [0.2, 0.25) is 0 Å². The Morgan fingerprint density at radius 3 is 2.50 bits per heavy atom. The van der Waals surface area contributed by atoms with Gasteiger partial charge < -0.3 is 9.47 Å². The van der Waals surface area contributed by atoms with E-state index in [0.717, 1.165) is 18.2 Å². The summed E-state index contributed by atoms with van der Waals surface area (Å²) in [6, 6.07) is 6.12. The second kappa shape index (κ2) is 8.22. The number of hydrogen-bond acceptors (Lipinski definition) is 5. The SMILES string of the molecule is C=C(C=S)C(=O)Oc1ccc(C(=O)OCCCC)cc1. The largest absolute Gasteiger partial charge is 0.462 e. The van der Waals surface area contributed by atoms with Gasteiger partial charge in [-0.25, -0.2) is 9.59 Å². The Hall–Kier alpha value is -2.01. The smallest absolute Gasteiger partial charge is 0.343 e. The van der Waals surface area contributed by atoms with Gasteiger partial charge in [-0.05, 0) is 30.7 Å². The molecule has 1 rings (SSSR count). The first-order chi connectivity index (χ1) is 9.58. The summed E-state index contributed by atoms with van der Waals surface area (Å²) in [4.78, 5) is 23.1. The Labute approximate surface area is 123 Å². The zero-order chi connectivity index (χ0) is 15.0. The summed E-state index contributed by atoms with van der Waals surface area (Å²) in [7, 11) is 0. The molecule has 0 bridgehead atoms. The second-order valence-corrected chi connectivity index (χ2v) is 4.28. The second-order valence-electron chi connectivity index (χ2n) is 4.05. The maximum atomic E-state index is 11.6. The molecule has 0 radical (unpaired) electrons. The molecule has 0 saturated carbocycles. The van der Waals surface area contributed by atoms with Crippen molar-refractivity contribution in [1.29, 1.82) is 0 Å². The first-order valence-corrected chi connectivity index (χ1v) is 6.69. The minimum Gasteiger partial charge on any atom is -0.462 e. The molecule has 1 aromatic rings. The van der Waals surface area contributed by atoms with Crippen LogP contribution in [0.1, 0.15) is 30.1 Å². The first-order valence-electron chi connectivity index (χ1n) is 6.22. The van der Waals surface area contributed by atoms with E-state index in [-0.39, 0.29) is 11.5 Å². The normalized spacial score (nSPS) is 9.65. The zero-order valence-corrected chi connectivity index (χ0v) is 12.1. The molecule has 0 aliphatic carbocycles. The minimum absolute atomic E-state index is 0.100. The van der Waals surface area contributed by atoms with E-state index >= 15 is 0 Å². The number of thiocarbonyl (C=S) groups is 1. The van der Waals surface area contributed by atoms with Crippen molar-refractivity contribution in [3.63, 3.8) is 0 Å². The summed E-state index contributed by atoms with van der Waals surface area (Å²) in [5, 5.41) is 1.15. The fraction of sp³-hybridized carbons (Fsp3) is 0.267. The number of rotatable bonds is 7. The number of carbonyl (C=O) groups excluding carboxylic acids is 2. The maximum absolute atomic E-state index is 11.6. The van der Waals surface area contributed by atoms with Crippen molar-refractivity contribution in [1.82, 2.24) is 0 Å². The third-order valence-electron chi connectivity index (χ3n) is 2.44. The lowest BCUT2D eigenvalue weighted by atomic mass is 10.2. The van der Waals surface area contributed by atoms with Crippen LogP contribution in [0, 0.1) is 0 Å². The van der Waals surface area contributed by atoms with Crippen molar-refractivity contribution in [2.24, 2.45) is 0 Å². The molecule has 4 nitrogen and oxygen atoms in total. The highest BCUT2D eigenvalue weighted by atomic mass is 32.1. The molecule has 0 aromatic heterocycles. The van der Waals surface area contributed by atoms with Crippen LogP contribution in [-0.4, -0.2) is 23.9 Å². The van der Waals surface area contributed by atoms with Crippen molar-refractivity contribution >= 4 is 29.5 Å². The fourth-order valence-electron chi connectivity index (χ4n) is 1.27. The highest BCUT2D eigenvalue weighted by Gasteiger charge is 2.10. The first kappa shape index (κ1) is 16.0. The van der Waals surface area contributed by atoms with Crippen LogP contribution in [0.5, 0.6) is 5.75 Å². The fourth-order valence-corrected chi connectivity index (χ4v) is 1.37. The van der Waals surface area contributed by atoms with Gasteiger partial charge in [0.25, 0.3) is 0 Å². The standard InChI is InChI=1S/C15H16O4S/c1-3-4-9-18-15(17)12-5-7-13(8-6-12)19-14(16)11(2)10-20/h5-8,10H,2-4,9H2,1H3. The van der Waals surface area contributed by atoms with Gasteiger partial charge in [-0.15, -0.1) is 0 Å². The number of benzene rings is 1. The number of carbonyl (C=O) groups is 2.